The van der Waals surface area contributed by atoms with Crippen molar-refractivity contribution in [3.05, 3.63) is 71.3 Å². The van der Waals surface area contributed by atoms with E-state index in [0.717, 1.165) is 12.8 Å². The van der Waals surface area contributed by atoms with Crippen LogP contribution < -0.4 is 5.32 Å². The second kappa shape index (κ2) is 9.77. The Bertz CT molecular complexity index is 677. The summed E-state index contributed by atoms with van der Waals surface area (Å²) in [5, 5.41) is 2.97. The first-order valence-corrected chi connectivity index (χ1v) is 9.07. The molecule has 0 aliphatic heterocycles. The van der Waals surface area contributed by atoms with Crippen LogP contribution in [0.4, 0.5) is 0 Å². The van der Waals surface area contributed by atoms with Crippen LogP contribution in [-0.2, 0) is 11.2 Å². The predicted molar refractivity (Wildman–Crippen MR) is 102 cm³/mol. The molecule has 0 radical (unpaired) electrons. The smallest absolute Gasteiger partial charge is 0.220 e. The van der Waals surface area contributed by atoms with Crippen molar-refractivity contribution < 1.29 is 9.59 Å². The van der Waals surface area contributed by atoms with Crippen molar-refractivity contribution in [3.63, 3.8) is 0 Å². The molecule has 3 nitrogen and oxygen atoms in total. The van der Waals surface area contributed by atoms with E-state index in [9.17, 15) is 9.59 Å². The molecule has 25 heavy (non-hydrogen) atoms. The lowest BCUT2D eigenvalue weighted by Gasteiger charge is -2.16. The largest absolute Gasteiger partial charge is 0.355 e. The third-order valence-corrected chi connectivity index (χ3v) is 4.57. The molecule has 0 aliphatic rings. The molecule has 1 unspecified atom stereocenters. The van der Waals surface area contributed by atoms with E-state index in [1.165, 1.54) is 11.1 Å². The molecule has 1 atom stereocenters. The van der Waals surface area contributed by atoms with Crippen LogP contribution in [0.1, 0.15) is 60.5 Å². The Morgan fingerprint density at radius 3 is 2.20 bits per heavy atom. The second-order valence-electron chi connectivity index (χ2n) is 6.29. The molecule has 132 valence electrons. The zero-order chi connectivity index (χ0) is 18.1. The fourth-order valence-corrected chi connectivity index (χ4v) is 2.85. The van der Waals surface area contributed by atoms with Gasteiger partial charge in [0.05, 0.1) is 0 Å². The minimum absolute atomic E-state index is 0.0212. The van der Waals surface area contributed by atoms with Crippen LogP contribution >= 0.6 is 0 Å². The van der Waals surface area contributed by atoms with Crippen molar-refractivity contribution >= 4 is 11.7 Å². The highest BCUT2D eigenvalue weighted by Crippen LogP contribution is 2.18. The maximum Gasteiger partial charge on any atom is 0.220 e. The van der Waals surface area contributed by atoms with Crippen molar-refractivity contribution in [2.75, 3.05) is 6.54 Å². The number of benzene rings is 2. The molecule has 0 saturated heterocycles. The Morgan fingerprint density at radius 1 is 0.920 bits per heavy atom. The molecule has 1 amide bonds. The standard InChI is InChI=1S/C22H27NO2/c1-3-17-10-12-20(13-11-17)21(24)14-15-22(25)23-16-18(4-2)19-8-6-5-7-9-19/h5-13,18H,3-4,14-16H2,1-2H3,(H,23,25). The summed E-state index contributed by atoms with van der Waals surface area (Å²) in [6.45, 7) is 4.81. The summed E-state index contributed by atoms with van der Waals surface area (Å²) >= 11 is 0. The fourth-order valence-electron chi connectivity index (χ4n) is 2.85. The maximum absolute atomic E-state index is 12.2. The van der Waals surface area contributed by atoms with Crippen LogP contribution in [0.15, 0.2) is 54.6 Å². The molecule has 0 saturated carbocycles. The minimum atomic E-state index is -0.0621. The van der Waals surface area contributed by atoms with E-state index in [1.807, 2.05) is 42.5 Å². The van der Waals surface area contributed by atoms with Crippen LogP contribution in [0.3, 0.4) is 0 Å². The van der Waals surface area contributed by atoms with Gasteiger partial charge in [-0.2, -0.15) is 0 Å². The van der Waals surface area contributed by atoms with Gasteiger partial charge in [-0.05, 0) is 24.0 Å². The molecule has 2 aromatic carbocycles. The van der Waals surface area contributed by atoms with Crippen molar-refractivity contribution in [1.82, 2.24) is 5.32 Å². The van der Waals surface area contributed by atoms with Gasteiger partial charge in [0.25, 0.3) is 0 Å². The molecule has 1 N–H and O–H groups in total. The van der Waals surface area contributed by atoms with E-state index < -0.39 is 0 Å². The number of Topliss-reactive ketones (excluding diaryl/α,β-unsaturated/α-hetero) is 1. The van der Waals surface area contributed by atoms with E-state index in [4.69, 9.17) is 0 Å². The first-order valence-electron chi connectivity index (χ1n) is 9.07. The van der Waals surface area contributed by atoms with E-state index in [1.54, 1.807) is 0 Å². The molecule has 0 aliphatic carbocycles. The van der Waals surface area contributed by atoms with Gasteiger partial charge in [-0.3, -0.25) is 9.59 Å². The Hall–Kier alpha value is -2.42. The van der Waals surface area contributed by atoms with Gasteiger partial charge in [-0.15, -0.1) is 0 Å². The van der Waals surface area contributed by atoms with Crippen molar-refractivity contribution in [3.8, 4) is 0 Å². The Balaban J connectivity index is 1.78. The van der Waals surface area contributed by atoms with E-state index in [-0.39, 0.29) is 24.5 Å². The number of carbonyl (C=O) groups is 2. The van der Waals surface area contributed by atoms with Crippen LogP contribution in [0.2, 0.25) is 0 Å². The van der Waals surface area contributed by atoms with Crippen LogP contribution in [0.25, 0.3) is 0 Å². The lowest BCUT2D eigenvalue weighted by molar-refractivity contribution is -0.121. The van der Waals surface area contributed by atoms with Crippen LogP contribution in [0.5, 0.6) is 0 Å². The number of hydrogen-bond donors (Lipinski definition) is 1. The average molecular weight is 337 g/mol. The molecule has 0 spiro atoms. The summed E-state index contributed by atoms with van der Waals surface area (Å²) in [6.07, 6.45) is 2.41. The average Bonchev–Trinajstić information content (AvgIpc) is 2.67. The van der Waals surface area contributed by atoms with E-state index >= 15 is 0 Å². The Morgan fingerprint density at radius 2 is 1.60 bits per heavy atom. The quantitative estimate of drug-likeness (QED) is 0.684. The second-order valence-corrected chi connectivity index (χ2v) is 6.29. The number of hydrogen-bond acceptors (Lipinski definition) is 2. The molecule has 3 heteroatoms. The van der Waals surface area contributed by atoms with Crippen molar-refractivity contribution in [2.24, 2.45) is 0 Å². The van der Waals surface area contributed by atoms with Gasteiger partial charge in [0.15, 0.2) is 5.78 Å². The SMILES string of the molecule is CCc1ccc(C(=O)CCC(=O)NCC(CC)c2ccccc2)cc1. The normalized spacial score (nSPS) is 11.8. The number of carbonyl (C=O) groups excluding carboxylic acids is 2. The first kappa shape index (κ1) is 18.9. The molecule has 0 aromatic heterocycles. The van der Waals surface area contributed by atoms with Crippen LogP contribution in [0, 0.1) is 0 Å². The number of amides is 1. The van der Waals surface area contributed by atoms with E-state index in [2.05, 4.69) is 31.3 Å². The lowest BCUT2D eigenvalue weighted by Crippen LogP contribution is -2.28. The van der Waals surface area contributed by atoms with Gasteiger partial charge in [-0.25, -0.2) is 0 Å². The highest BCUT2D eigenvalue weighted by Gasteiger charge is 2.12. The zero-order valence-electron chi connectivity index (χ0n) is 15.1. The summed E-state index contributed by atoms with van der Waals surface area (Å²) in [6, 6.07) is 17.8. The number of rotatable bonds is 9. The monoisotopic (exact) mass is 337 g/mol. The summed E-state index contributed by atoms with van der Waals surface area (Å²) in [5.74, 6) is 0.267. The molecular weight excluding hydrogens is 310 g/mol. The van der Waals surface area contributed by atoms with Crippen LogP contribution in [-0.4, -0.2) is 18.2 Å². The maximum atomic E-state index is 12.2. The predicted octanol–water partition coefficient (Wildman–Crippen LogP) is 4.52. The Kier molecular flexibility index (Phi) is 7.39. The fraction of sp³-hybridized carbons (Fsp3) is 0.364. The van der Waals surface area contributed by atoms with Gasteiger partial charge in [0, 0.05) is 30.9 Å². The molecular formula is C22H27NO2. The first-order chi connectivity index (χ1) is 12.1. The van der Waals surface area contributed by atoms with Crippen molar-refractivity contribution in [1.29, 1.82) is 0 Å². The zero-order valence-corrected chi connectivity index (χ0v) is 15.1. The number of nitrogens with one attached hydrogen (secondary N) is 1. The number of ketones is 1. The molecule has 0 fully saturated rings. The van der Waals surface area contributed by atoms with Gasteiger partial charge in [0.2, 0.25) is 5.91 Å². The summed E-state index contributed by atoms with van der Waals surface area (Å²) in [4.78, 5) is 24.3. The third-order valence-electron chi connectivity index (χ3n) is 4.57. The molecule has 0 heterocycles. The molecule has 2 rings (SSSR count). The lowest BCUT2D eigenvalue weighted by atomic mass is 9.96. The Labute approximate surface area is 150 Å². The van der Waals surface area contributed by atoms with E-state index in [0.29, 0.717) is 18.0 Å². The molecule has 2 aromatic rings. The topological polar surface area (TPSA) is 46.2 Å². The van der Waals surface area contributed by atoms with Gasteiger partial charge < -0.3 is 5.32 Å². The van der Waals surface area contributed by atoms with Gasteiger partial charge in [0.1, 0.15) is 0 Å². The summed E-state index contributed by atoms with van der Waals surface area (Å²) in [5.41, 5.74) is 3.12. The van der Waals surface area contributed by atoms with Gasteiger partial charge >= 0.3 is 0 Å². The highest BCUT2D eigenvalue weighted by molar-refractivity contribution is 5.97. The number of aryl methyl sites for hydroxylation is 1. The van der Waals surface area contributed by atoms with Gasteiger partial charge in [-0.1, -0.05) is 68.4 Å². The summed E-state index contributed by atoms with van der Waals surface area (Å²) < 4.78 is 0. The van der Waals surface area contributed by atoms with Crippen molar-refractivity contribution in [2.45, 2.75) is 45.4 Å². The minimum Gasteiger partial charge on any atom is -0.355 e. The third kappa shape index (κ3) is 5.86. The highest BCUT2D eigenvalue weighted by atomic mass is 16.2. The molecule has 0 bridgehead atoms. The summed E-state index contributed by atoms with van der Waals surface area (Å²) in [7, 11) is 0.